The van der Waals surface area contributed by atoms with Gasteiger partial charge < -0.3 is 20.0 Å². The maximum absolute atomic E-state index is 12.2. The molecule has 0 aromatic heterocycles. The summed E-state index contributed by atoms with van der Waals surface area (Å²) in [5, 5.41) is 17.7. The molecular weight excluding hydrogens is 248 g/mol. The number of carboxylic acid groups (broad SMARTS) is 1. The van der Waals surface area contributed by atoms with Gasteiger partial charge in [0, 0.05) is 32.6 Å². The Morgan fingerprint density at radius 2 is 1.89 bits per heavy atom. The van der Waals surface area contributed by atoms with E-state index in [4.69, 9.17) is 10.2 Å². The first kappa shape index (κ1) is 15.8. The van der Waals surface area contributed by atoms with E-state index in [1.54, 1.807) is 9.80 Å². The molecule has 1 aliphatic rings. The lowest BCUT2D eigenvalue weighted by Crippen LogP contribution is -2.48. The summed E-state index contributed by atoms with van der Waals surface area (Å²) in [6.45, 7) is 4.21. The fourth-order valence-corrected chi connectivity index (χ4v) is 2.47. The van der Waals surface area contributed by atoms with Gasteiger partial charge in [-0.15, -0.1) is 0 Å². The van der Waals surface area contributed by atoms with Crippen LogP contribution >= 0.6 is 0 Å². The monoisotopic (exact) mass is 272 g/mol. The van der Waals surface area contributed by atoms with Crippen LogP contribution < -0.4 is 0 Å². The van der Waals surface area contributed by atoms with E-state index >= 15 is 0 Å². The molecule has 1 aliphatic heterocycles. The molecule has 0 aliphatic carbocycles. The number of likely N-dealkylation sites (tertiary alicyclic amines) is 1. The zero-order valence-corrected chi connectivity index (χ0v) is 11.5. The Labute approximate surface area is 114 Å². The quantitative estimate of drug-likeness (QED) is 0.755. The van der Waals surface area contributed by atoms with Crippen molar-refractivity contribution in [2.45, 2.75) is 32.6 Å². The molecule has 6 nitrogen and oxygen atoms in total. The number of hydrogen-bond donors (Lipinski definition) is 2. The second-order valence-electron chi connectivity index (χ2n) is 5.02. The van der Waals surface area contributed by atoms with Crippen molar-refractivity contribution in [3.63, 3.8) is 0 Å². The van der Waals surface area contributed by atoms with E-state index in [0.29, 0.717) is 26.2 Å². The Morgan fingerprint density at radius 1 is 1.26 bits per heavy atom. The summed E-state index contributed by atoms with van der Waals surface area (Å²) in [5.41, 5.74) is 0. The van der Waals surface area contributed by atoms with Crippen molar-refractivity contribution in [3.8, 4) is 0 Å². The van der Waals surface area contributed by atoms with Crippen molar-refractivity contribution in [1.82, 2.24) is 9.80 Å². The molecule has 0 atom stereocenters. The molecule has 0 radical (unpaired) electrons. The third-order valence-electron chi connectivity index (χ3n) is 3.48. The predicted molar refractivity (Wildman–Crippen MR) is 70.9 cm³/mol. The van der Waals surface area contributed by atoms with Crippen LogP contribution in [0.25, 0.3) is 0 Å². The molecule has 1 saturated heterocycles. The fourth-order valence-electron chi connectivity index (χ4n) is 2.47. The number of hydrogen-bond acceptors (Lipinski definition) is 3. The van der Waals surface area contributed by atoms with Gasteiger partial charge in [0.2, 0.25) is 0 Å². The minimum atomic E-state index is -0.766. The van der Waals surface area contributed by atoms with Crippen LogP contribution in [-0.2, 0) is 4.79 Å². The topological polar surface area (TPSA) is 81.1 Å². The van der Waals surface area contributed by atoms with Crippen molar-refractivity contribution >= 4 is 12.0 Å². The van der Waals surface area contributed by atoms with Gasteiger partial charge in [-0.05, 0) is 25.2 Å². The highest BCUT2D eigenvalue weighted by molar-refractivity contribution is 5.74. The minimum absolute atomic E-state index is 0.0266. The number of amides is 2. The van der Waals surface area contributed by atoms with Gasteiger partial charge in [-0.25, -0.2) is 4.79 Å². The third kappa shape index (κ3) is 5.06. The lowest BCUT2D eigenvalue weighted by molar-refractivity contribution is -0.138. The molecule has 1 fully saturated rings. The second kappa shape index (κ2) is 7.99. The number of urea groups is 1. The average Bonchev–Trinajstić information content (AvgIpc) is 2.38. The van der Waals surface area contributed by atoms with E-state index in [1.165, 1.54) is 0 Å². The standard InChI is InChI=1S/C13H24N2O4/c1-2-5-14(8-9-16)13(19)15-6-3-11(4-7-15)10-12(17)18/h11,16H,2-10H2,1H3,(H,17,18). The summed E-state index contributed by atoms with van der Waals surface area (Å²) < 4.78 is 0. The molecule has 0 saturated carbocycles. The van der Waals surface area contributed by atoms with E-state index in [-0.39, 0.29) is 25.0 Å². The highest BCUT2D eigenvalue weighted by Gasteiger charge is 2.26. The van der Waals surface area contributed by atoms with Gasteiger partial charge in [-0.1, -0.05) is 6.92 Å². The predicted octanol–water partition coefficient (Wildman–Crippen LogP) is 0.997. The third-order valence-corrected chi connectivity index (χ3v) is 3.48. The number of nitrogens with zero attached hydrogens (tertiary/aromatic N) is 2. The number of aliphatic carboxylic acids is 1. The smallest absolute Gasteiger partial charge is 0.320 e. The highest BCUT2D eigenvalue weighted by atomic mass is 16.4. The van der Waals surface area contributed by atoms with Crippen LogP contribution in [0.15, 0.2) is 0 Å². The van der Waals surface area contributed by atoms with Crippen LogP contribution in [0.5, 0.6) is 0 Å². The summed E-state index contributed by atoms with van der Waals surface area (Å²) in [6, 6.07) is -0.0373. The molecule has 0 spiro atoms. The van der Waals surface area contributed by atoms with Gasteiger partial charge in [0.15, 0.2) is 0 Å². The van der Waals surface area contributed by atoms with Crippen molar-refractivity contribution in [2.24, 2.45) is 5.92 Å². The summed E-state index contributed by atoms with van der Waals surface area (Å²) in [4.78, 5) is 26.3. The molecule has 2 amide bonds. The van der Waals surface area contributed by atoms with Crippen LogP contribution in [0.2, 0.25) is 0 Å². The summed E-state index contributed by atoms with van der Waals surface area (Å²) in [5.74, 6) is -0.586. The molecule has 0 aromatic rings. The number of piperidine rings is 1. The van der Waals surface area contributed by atoms with Crippen molar-refractivity contribution in [1.29, 1.82) is 0 Å². The Bertz CT molecular complexity index is 295. The molecule has 110 valence electrons. The zero-order chi connectivity index (χ0) is 14.3. The Kier molecular flexibility index (Phi) is 6.62. The first-order valence-corrected chi connectivity index (χ1v) is 6.95. The first-order chi connectivity index (χ1) is 9.08. The molecule has 0 unspecified atom stereocenters. The summed E-state index contributed by atoms with van der Waals surface area (Å²) in [6.07, 6.45) is 2.55. The van der Waals surface area contributed by atoms with Gasteiger partial charge in [-0.2, -0.15) is 0 Å². The maximum Gasteiger partial charge on any atom is 0.320 e. The molecular formula is C13H24N2O4. The molecule has 2 N–H and O–H groups in total. The van der Waals surface area contributed by atoms with Crippen molar-refractivity contribution in [2.75, 3.05) is 32.8 Å². The van der Waals surface area contributed by atoms with E-state index in [2.05, 4.69) is 0 Å². The fraction of sp³-hybridized carbons (Fsp3) is 0.846. The molecule has 1 heterocycles. The second-order valence-corrected chi connectivity index (χ2v) is 5.02. The first-order valence-electron chi connectivity index (χ1n) is 6.95. The van der Waals surface area contributed by atoms with Gasteiger partial charge >= 0.3 is 12.0 Å². The van der Waals surface area contributed by atoms with E-state index < -0.39 is 5.97 Å². The Hall–Kier alpha value is -1.30. The lowest BCUT2D eigenvalue weighted by atomic mass is 9.94. The minimum Gasteiger partial charge on any atom is -0.481 e. The number of aliphatic hydroxyl groups excluding tert-OH is 1. The normalized spacial score (nSPS) is 16.4. The molecule has 6 heteroatoms. The lowest BCUT2D eigenvalue weighted by Gasteiger charge is -2.35. The molecule has 0 bridgehead atoms. The number of carboxylic acids is 1. The number of carbonyl (C=O) groups excluding carboxylic acids is 1. The number of carbonyl (C=O) groups is 2. The van der Waals surface area contributed by atoms with Gasteiger partial charge in [-0.3, -0.25) is 4.79 Å². The highest BCUT2D eigenvalue weighted by Crippen LogP contribution is 2.21. The molecule has 0 aromatic carbocycles. The molecule has 19 heavy (non-hydrogen) atoms. The summed E-state index contributed by atoms with van der Waals surface area (Å²) in [7, 11) is 0. The van der Waals surface area contributed by atoms with Crippen molar-refractivity contribution < 1.29 is 19.8 Å². The number of rotatable bonds is 6. The van der Waals surface area contributed by atoms with Gasteiger partial charge in [0.1, 0.15) is 0 Å². The zero-order valence-electron chi connectivity index (χ0n) is 11.5. The SMILES string of the molecule is CCCN(CCO)C(=O)N1CCC(CC(=O)O)CC1. The van der Waals surface area contributed by atoms with Crippen LogP contribution in [0, 0.1) is 5.92 Å². The summed E-state index contributed by atoms with van der Waals surface area (Å²) >= 11 is 0. The van der Waals surface area contributed by atoms with Crippen LogP contribution in [0.3, 0.4) is 0 Å². The van der Waals surface area contributed by atoms with Gasteiger partial charge in [0.05, 0.1) is 6.61 Å². The van der Waals surface area contributed by atoms with E-state index in [9.17, 15) is 9.59 Å². The van der Waals surface area contributed by atoms with Crippen LogP contribution in [0.1, 0.15) is 32.6 Å². The van der Waals surface area contributed by atoms with Crippen molar-refractivity contribution in [3.05, 3.63) is 0 Å². The van der Waals surface area contributed by atoms with Gasteiger partial charge in [0.25, 0.3) is 0 Å². The average molecular weight is 272 g/mol. The van der Waals surface area contributed by atoms with E-state index in [0.717, 1.165) is 19.3 Å². The Morgan fingerprint density at radius 3 is 2.37 bits per heavy atom. The number of aliphatic hydroxyl groups is 1. The maximum atomic E-state index is 12.2. The Balaban J connectivity index is 2.44. The van der Waals surface area contributed by atoms with E-state index in [1.807, 2.05) is 6.92 Å². The molecule has 1 rings (SSSR count). The largest absolute Gasteiger partial charge is 0.481 e. The van der Waals surface area contributed by atoms with Crippen LogP contribution in [-0.4, -0.2) is 64.8 Å². The van der Waals surface area contributed by atoms with Crippen LogP contribution in [0.4, 0.5) is 4.79 Å².